The monoisotopic (exact) mass is 231 g/mol. The number of nitrogens with one attached hydrogen (secondary N) is 1. The van der Waals surface area contributed by atoms with Gasteiger partial charge in [-0.3, -0.25) is 4.68 Å². The number of fused-ring (bicyclic) bond motifs is 1. The maximum absolute atomic E-state index is 13.8. The Balaban J connectivity index is 2.21. The van der Waals surface area contributed by atoms with Crippen LogP contribution in [0.25, 0.3) is 11.3 Å². The van der Waals surface area contributed by atoms with E-state index in [1.165, 1.54) is 6.07 Å². The molecule has 0 saturated carbocycles. The van der Waals surface area contributed by atoms with Gasteiger partial charge >= 0.3 is 0 Å². The first kappa shape index (κ1) is 10.5. The molecule has 0 unspecified atom stereocenters. The number of benzene rings is 1. The summed E-state index contributed by atoms with van der Waals surface area (Å²) in [6, 6.07) is 6.86. The van der Waals surface area contributed by atoms with Gasteiger partial charge in [0.2, 0.25) is 0 Å². The van der Waals surface area contributed by atoms with Gasteiger partial charge in [-0.2, -0.15) is 5.10 Å². The molecule has 1 N–H and O–H groups in total. The highest BCUT2D eigenvalue weighted by atomic mass is 19.1. The summed E-state index contributed by atoms with van der Waals surface area (Å²) in [5.41, 5.74) is 3.74. The quantitative estimate of drug-likeness (QED) is 0.812. The molecule has 1 aromatic carbocycles. The predicted octanol–water partition coefficient (Wildman–Crippen LogP) is 1.87. The summed E-state index contributed by atoms with van der Waals surface area (Å²) in [6.07, 6.45) is 0.914. The molecule has 2 aromatic rings. The number of aryl methyl sites for hydroxylation is 1. The van der Waals surface area contributed by atoms with E-state index in [2.05, 4.69) is 10.4 Å². The Labute approximate surface area is 99.3 Å². The lowest BCUT2D eigenvalue weighted by molar-refractivity contribution is 0.627. The fraction of sp³-hybridized carbons (Fsp3) is 0.308. The van der Waals surface area contributed by atoms with Crippen LogP contribution in [0, 0.1) is 5.82 Å². The van der Waals surface area contributed by atoms with Crippen molar-refractivity contribution in [3.8, 4) is 11.3 Å². The van der Waals surface area contributed by atoms with E-state index in [4.69, 9.17) is 0 Å². The van der Waals surface area contributed by atoms with E-state index in [-0.39, 0.29) is 5.82 Å². The predicted molar refractivity (Wildman–Crippen MR) is 64.0 cm³/mol. The minimum Gasteiger partial charge on any atom is -0.312 e. The first-order valence-electron chi connectivity index (χ1n) is 5.77. The van der Waals surface area contributed by atoms with E-state index >= 15 is 0 Å². The first-order chi connectivity index (χ1) is 8.27. The third-order valence-electron chi connectivity index (χ3n) is 3.20. The van der Waals surface area contributed by atoms with Gasteiger partial charge in [-0.25, -0.2) is 4.39 Å². The molecule has 0 saturated heterocycles. The number of hydrogen-bond acceptors (Lipinski definition) is 2. The van der Waals surface area contributed by atoms with Crippen molar-refractivity contribution in [3.05, 3.63) is 41.3 Å². The Kier molecular flexibility index (Phi) is 2.44. The molecule has 3 nitrogen and oxygen atoms in total. The van der Waals surface area contributed by atoms with Crippen molar-refractivity contribution in [1.29, 1.82) is 0 Å². The number of rotatable bonds is 1. The Morgan fingerprint density at radius 2 is 2.18 bits per heavy atom. The van der Waals surface area contributed by atoms with Gasteiger partial charge in [-0.05, 0) is 12.1 Å². The molecule has 0 bridgehead atoms. The normalized spacial score (nSPS) is 14.7. The molecule has 2 heterocycles. The molecular formula is C13H14FN3. The van der Waals surface area contributed by atoms with E-state index < -0.39 is 0 Å². The highest BCUT2D eigenvalue weighted by Gasteiger charge is 2.21. The lowest BCUT2D eigenvalue weighted by atomic mass is 10.0. The summed E-state index contributed by atoms with van der Waals surface area (Å²) in [7, 11) is 1.88. The summed E-state index contributed by atoms with van der Waals surface area (Å²) in [6.45, 7) is 1.72. The van der Waals surface area contributed by atoms with Gasteiger partial charge in [-0.1, -0.05) is 12.1 Å². The fourth-order valence-electron chi connectivity index (χ4n) is 2.42. The number of aromatic nitrogens is 2. The summed E-state index contributed by atoms with van der Waals surface area (Å²) >= 11 is 0. The molecule has 1 aromatic heterocycles. The lowest BCUT2D eigenvalue weighted by Gasteiger charge is -2.13. The van der Waals surface area contributed by atoms with Gasteiger partial charge in [0, 0.05) is 37.7 Å². The number of halogens is 1. The maximum atomic E-state index is 13.8. The Bertz CT molecular complexity index is 560. The molecular weight excluding hydrogens is 217 g/mol. The molecule has 0 spiro atoms. The standard InChI is InChI=1S/C13H14FN3/c1-17-13(9-4-2-3-5-11(9)14)10-8-15-7-6-12(10)16-17/h2-5,15H,6-8H2,1H3. The van der Waals surface area contributed by atoms with Gasteiger partial charge in [-0.15, -0.1) is 0 Å². The topological polar surface area (TPSA) is 29.9 Å². The van der Waals surface area contributed by atoms with Crippen molar-refractivity contribution < 1.29 is 4.39 Å². The van der Waals surface area contributed by atoms with Crippen LogP contribution in [0.2, 0.25) is 0 Å². The van der Waals surface area contributed by atoms with Gasteiger partial charge < -0.3 is 5.32 Å². The van der Waals surface area contributed by atoms with E-state index in [0.717, 1.165) is 36.5 Å². The minimum absolute atomic E-state index is 0.191. The van der Waals surface area contributed by atoms with Gasteiger partial charge in [0.1, 0.15) is 5.82 Å². The van der Waals surface area contributed by atoms with Crippen molar-refractivity contribution in [3.63, 3.8) is 0 Å². The lowest BCUT2D eigenvalue weighted by Crippen LogP contribution is -2.23. The van der Waals surface area contributed by atoms with Crippen molar-refractivity contribution >= 4 is 0 Å². The second kappa shape index (κ2) is 3.96. The molecule has 1 aliphatic rings. The van der Waals surface area contributed by atoms with E-state index in [0.29, 0.717) is 5.56 Å². The van der Waals surface area contributed by atoms with E-state index in [1.807, 2.05) is 13.1 Å². The van der Waals surface area contributed by atoms with Crippen molar-refractivity contribution in [2.24, 2.45) is 7.05 Å². The Morgan fingerprint density at radius 1 is 1.35 bits per heavy atom. The summed E-state index contributed by atoms with van der Waals surface area (Å²) in [5, 5.41) is 7.79. The maximum Gasteiger partial charge on any atom is 0.132 e. The minimum atomic E-state index is -0.191. The van der Waals surface area contributed by atoms with Crippen molar-refractivity contribution in [2.45, 2.75) is 13.0 Å². The fourth-order valence-corrected chi connectivity index (χ4v) is 2.42. The van der Waals surface area contributed by atoms with Crippen LogP contribution < -0.4 is 5.32 Å². The van der Waals surface area contributed by atoms with Gasteiger partial charge in [0.25, 0.3) is 0 Å². The van der Waals surface area contributed by atoms with Crippen LogP contribution >= 0.6 is 0 Å². The molecule has 88 valence electrons. The zero-order valence-corrected chi connectivity index (χ0v) is 9.70. The third kappa shape index (κ3) is 1.65. The molecule has 0 aliphatic carbocycles. The molecule has 0 fully saturated rings. The van der Waals surface area contributed by atoms with E-state index in [9.17, 15) is 4.39 Å². The molecule has 0 amide bonds. The van der Waals surface area contributed by atoms with Crippen LogP contribution in [-0.4, -0.2) is 16.3 Å². The Morgan fingerprint density at radius 3 is 3.00 bits per heavy atom. The summed E-state index contributed by atoms with van der Waals surface area (Å²) < 4.78 is 15.6. The third-order valence-corrected chi connectivity index (χ3v) is 3.20. The first-order valence-corrected chi connectivity index (χ1v) is 5.77. The van der Waals surface area contributed by atoms with Crippen LogP contribution in [0.1, 0.15) is 11.3 Å². The SMILES string of the molecule is Cn1nc2c(c1-c1ccccc1F)CNCC2. The highest BCUT2D eigenvalue weighted by molar-refractivity contribution is 5.65. The molecule has 1 aliphatic heterocycles. The zero-order chi connectivity index (χ0) is 11.8. The van der Waals surface area contributed by atoms with Crippen LogP contribution in [0.15, 0.2) is 24.3 Å². The van der Waals surface area contributed by atoms with Crippen LogP contribution in [-0.2, 0) is 20.0 Å². The van der Waals surface area contributed by atoms with Gasteiger partial charge in [0.05, 0.1) is 11.4 Å². The van der Waals surface area contributed by atoms with Crippen molar-refractivity contribution in [2.75, 3.05) is 6.54 Å². The number of hydrogen-bond donors (Lipinski definition) is 1. The summed E-state index contributed by atoms with van der Waals surface area (Å²) in [4.78, 5) is 0. The summed E-state index contributed by atoms with van der Waals surface area (Å²) in [5.74, 6) is -0.191. The second-order valence-corrected chi connectivity index (χ2v) is 4.30. The second-order valence-electron chi connectivity index (χ2n) is 4.30. The van der Waals surface area contributed by atoms with E-state index in [1.54, 1.807) is 16.8 Å². The van der Waals surface area contributed by atoms with Gasteiger partial charge in [0.15, 0.2) is 0 Å². The largest absolute Gasteiger partial charge is 0.312 e. The van der Waals surface area contributed by atoms with Crippen LogP contribution in [0.4, 0.5) is 4.39 Å². The molecule has 3 rings (SSSR count). The van der Waals surface area contributed by atoms with Crippen LogP contribution in [0.3, 0.4) is 0 Å². The van der Waals surface area contributed by atoms with Crippen LogP contribution in [0.5, 0.6) is 0 Å². The molecule has 0 radical (unpaired) electrons. The molecule has 4 heteroatoms. The smallest absolute Gasteiger partial charge is 0.132 e. The van der Waals surface area contributed by atoms with Crippen molar-refractivity contribution in [1.82, 2.24) is 15.1 Å². The zero-order valence-electron chi connectivity index (χ0n) is 9.70. The molecule has 0 atom stereocenters. The molecule has 17 heavy (non-hydrogen) atoms. The number of nitrogens with zero attached hydrogens (tertiary/aromatic N) is 2. The Hall–Kier alpha value is -1.68. The highest BCUT2D eigenvalue weighted by Crippen LogP contribution is 2.29. The average molecular weight is 231 g/mol. The average Bonchev–Trinajstić information content (AvgIpc) is 2.66.